The van der Waals surface area contributed by atoms with Crippen molar-refractivity contribution in [2.75, 3.05) is 7.05 Å². The number of likely N-dealkylation sites (N-methyl/N-ethyl adjacent to an activating group) is 1. The summed E-state index contributed by atoms with van der Waals surface area (Å²) < 4.78 is 38.2. The van der Waals surface area contributed by atoms with Gasteiger partial charge < -0.3 is 10.6 Å². The van der Waals surface area contributed by atoms with Crippen molar-refractivity contribution in [1.29, 1.82) is 0 Å². The molecule has 2 unspecified atom stereocenters. The molecule has 1 amide bonds. The molecule has 0 bridgehead atoms. The highest BCUT2D eigenvalue weighted by Gasteiger charge is 2.55. The van der Waals surface area contributed by atoms with Crippen LogP contribution in [-0.4, -0.2) is 29.6 Å². The molecular formula is C13H17F3N2O. The first-order valence-corrected chi connectivity index (χ1v) is 5.77. The fourth-order valence-corrected chi connectivity index (χ4v) is 1.62. The topological polar surface area (TPSA) is 46.3 Å². The van der Waals surface area contributed by atoms with Gasteiger partial charge in [-0.25, -0.2) is 0 Å². The zero-order chi connectivity index (χ0) is 14.8. The van der Waals surface area contributed by atoms with Gasteiger partial charge in [-0.2, -0.15) is 13.2 Å². The lowest BCUT2D eigenvalue weighted by atomic mass is 9.99. The first kappa shape index (κ1) is 15.5. The molecule has 0 fully saturated rings. The first-order valence-electron chi connectivity index (χ1n) is 5.77. The molecule has 0 saturated carbocycles. The monoisotopic (exact) mass is 274 g/mol. The number of rotatable bonds is 3. The van der Waals surface area contributed by atoms with Crippen LogP contribution in [0.3, 0.4) is 0 Å². The third kappa shape index (κ3) is 3.07. The summed E-state index contributed by atoms with van der Waals surface area (Å²) in [5.74, 6) is -1.16. The number of hydrogen-bond donors (Lipinski definition) is 1. The lowest BCUT2D eigenvalue weighted by Gasteiger charge is -2.34. The Morgan fingerprint density at radius 3 is 2.16 bits per heavy atom. The molecule has 0 aliphatic rings. The van der Waals surface area contributed by atoms with Crippen molar-refractivity contribution < 1.29 is 18.0 Å². The molecule has 6 heteroatoms. The van der Waals surface area contributed by atoms with Crippen molar-refractivity contribution >= 4 is 5.91 Å². The molecule has 1 rings (SSSR count). The Kier molecular flexibility index (Phi) is 4.25. The zero-order valence-corrected chi connectivity index (χ0v) is 11.0. The zero-order valence-electron chi connectivity index (χ0n) is 11.0. The van der Waals surface area contributed by atoms with Gasteiger partial charge in [0.05, 0.1) is 6.04 Å². The summed E-state index contributed by atoms with van der Waals surface area (Å²) in [5, 5.41) is 0. The Labute approximate surface area is 110 Å². The molecule has 2 N–H and O–H groups in total. The fraction of sp³-hybridized carbons (Fsp3) is 0.462. The Balaban J connectivity index is 2.95. The normalized spacial score (nSPS) is 16.6. The third-order valence-corrected chi connectivity index (χ3v) is 3.22. The van der Waals surface area contributed by atoms with Crippen LogP contribution < -0.4 is 5.73 Å². The van der Waals surface area contributed by atoms with E-state index in [1.165, 1.54) is 7.05 Å². The molecule has 106 valence electrons. The average molecular weight is 274 g/mol. The van der Waals surface area contributed by atoms with Gasteiger partial charge >= 0.3 is 6.18 Å². The van der Waals surface area contributed by atoms with Crippen LogP contribution in [0.4, 0.5) is 13.2 Å². The smallest absolute Gasteiger partial charge is 0.337 e. The quantitative estimate of drug-likeness (QED) is 0.920. The fourth-order valence-electron chi connectivity index (χ4n) is 1.62. The molecular weight excluding hydrogens is 257 g/mol. The van der Waals surface area contributed by atoms with Crippen LogP contribution in [0.5, 0.6) is 0 Å². The van der Waals surface area contributed by atoms with Gasteiger partial charge in [0.25, 0.3) is 5.91 Å². The van der Waals surface area contributed by atoms with Crippen LogP contribution in [0, 0.1) is 0 Å². The Morgan fingerprint density at radius 1 is 1.26 bits per heavy atom. The SMILES string of the molecule is CC(c1ccccc1)N(C)C(=O)C(C)(N)C(F)(F)F. The van der Waals surface area contributed by atoms with E-state index in [0.29, 0.717) is 6.92 Å². The van der Waals surface area contributed by atoms with E-state index in [0.717, 1.165) is 10.5 Å². The van der Waals surface area contributed by atoms with Crippen molar-refractivity contribution in [2.45, 2.75) is 31.6 Å². The largest absolute Gasteiger partial charge is 0.415 e. The van der Waals surface area contributed by atoms with E-state index in [4.69, 9.17) is 5.73 Å². The molecule has 0 saturated heterocycles. The van der Waals surface area contributed by atoms with E-state index < -0.39 is 23.7 Å². The summed E-state index contributed by atoms with van der Waals surface area (Å²) in [4.78, 5) is 12.9. The van der Waals surface area contributed by atoms with Crippen molar-refractivity contribution in [3.05, 3.63) is 35.9 Å². The molecule has 2 atom stereocenters. The Morgan fingerprint density at radius 2 is 1.74 bits per heavy atom. The third-order valence-electron chi connectivity index (χ3n) is 3.22. The summed E-state index contributed by atoms with van der Waals surface area (Å²) in [6.07, 6.45) is -4.78. The Bertz CT molecular complexity index is 443. The van der Waals surface area contributed by atoms with Gasteiger partial charge in [0, 0.05) is 7.05 Å². The predicted octanol–water partition coefficient (Wildman–Crippen LogP) is 2.49. The van der Waals surface area contributed by atoms with Crippen LogP contribution in [0.1, 0.15) is 25.5 Å². The summed E-state index contributed by atoms with van der Waals surface area (Å²) in [6, 6.07) is 8.32. The van der Waals surface area contributed by atoms with Gasteiger partial charge in [-0.3, -0.25) is 4.79 Å². The van der Waals surface area contributed by atoms with Crippen LogP contribution in [-0.2, 0) is 4.79 Å². The maximum Gasteiger partial charge on any atom is 0.415 e. The van der Waals surface area contributed by atoms with Gasteiger partial charge in [-0.1, -0.05) is 30.3 Å². The highest BCUT2D eigenvalue weighted by atomic mass is 19.4. The van der Waals surface area contributed by atoms with E-state index in [2.05, 4.69) is 0 Å². The first-order chi connectivity index (χ1) is 8.59. The van der Waals surface area contributed by atoms with E-state index in [1.807, 2.05) is 0 Å². The predicted molar refractivity (Wildman–Crippen MR) is 66.3 cm³/mol. The maximum atomic E-state index is 12.7. The highest BCUT2D eigenvalue weighted by Crippen LogP contribution is 2.31. The Hall–Kier alpha value is -1.56. The molecule has 0 aromatic heterocycles. The molecule has 0 radical (unpaired) electrons. The van der Waals surface area contributed by atoms with Crippen molar-refractivity contribution in [1.82, 2.24) is 4.90 Å². The van der Waals surface area contributed by atoms with E-state index in [1.54, 1.807) is 37.3 Å². The minimum Gasteiger partial charge on any atom is -0.337 e. The number of amides is 1. The molecule has 0 aliphatic carbocycles. The highest BCUT2D eigenvalue weighted by molar-refractivity contribution is 5.86. The number of nitrogens with two attached hydrogens (primary N) is 1. The van der Waals surface area contributed by atoms with Crippen molar-refractivity contribution in [3.8, 4) is 0 Å². The lowest BCUT2D eigenvalue weighted by molar-refractivity contribution is -0.194. The molecule has 0 spiro atoms. The van der Waals surface area contributed by atoms with Gasteiger partial charge in [-0.15, -0.1) is 0 Å². The van der Waals surface area contributed by atoms with Gasteiger partial charge in [0.15, 0.2) is 5.54 Å². The number of carbonyl (C=O) groups excluding carboxylic acids is 1. The average Bonchev–Trinajstić information content (AvgIpc) is 2.35. The maximum absolute atomic E-state index is 12.7. The van der Waals surface area contributed by atoms with Crippen molar-refractivity contribution in [2.24, 2.45) is 5.73 Å². The molecule has 19 heavy (non-hydrogen) atoms. The number of alkyl halides is 3. The van der Waals surface area contributed by atoms with Crippen LogP contribution in [0.15, 0.2) is 30.3 Å². The number of hydrogen-bond acceptors (Lipinski definition) is 2. The summed E-state index contributed by atoms with van der Waals surface area (Å²) in [7, 11) is 1.32. The van der Waals surface area contributed by atoms with Crippen LogP contribution in [0.25, 0.3) is 0 Å². The molecule has 1 aromatic carbocycles. The van der Waals surface area contributed by atoms with E-state index in [-0.39, 0.29) is 0 Å². The second-order valence-electron chi connectivity index (χ2n) is 4.70. The van der Waals surface area contributed by atoms with Gasteiger partial charge in [0.1, 0.15) is 0 Å². The molecule has 3 nitrogen and oxygen atoms in total. The minimum atomic E-state index is -4.78. The number of nitrogens with zero attached hydrogens (tertiary/aromatic N) is 1. The van der Waals surface area contributed by atoms with Crippen molar-refractivity contribution in [3.63, 3.8) is 0 Å². The summed E-state index contributed by atoms with van der Waals surface area (Å²) in [6.45, 7) is 2.34. The number of carbonyl (C=O) groups is 1. The standard InChI is InChI=1S/C13H17F3N2O/c1-9(10-7-5-4-6-8-10)18(3)11(19)12(2,17)13(14,15)16/h4-9H,17H2,1-3H3. The van der Waals surface area contributed by atoms with Gasteiger partial charge in [-0.05, 0) is 19.4 Å². The molecule has 0 heterocycles. The van der Waals surface area contributed by atoms with Crippen LogP contribution in [0.2, 0.25) is 0 Å². The molecule has 1 aromatic rings. The second kappa shape index (κ2) is 5.21. The lowest BCUT2D eigenvalue weighted by Crippen LogP contribution is -2.61. The van der Waals surface area contributed by atoms with Gasteiger partial charge in [0.2, 0.25) is 0 Å². The summed E-state index contributed by atoms with van der Waals surface area (Å²) in [5.41, 5.74) is 3.00. The summed E-state index contributed by atoms with van der Waals surface area (Å²) >= 11 is 0. The molecule has 0 aliphatic heterocycles. The second-order valence-corrected chi connectivity index (χ2v) is 4.70. The number of halogens is 3. The number of benzene rings is 1. The van der Waals surface area contributed by atoms with Crippen LogP contribution >= 0.6 is 0 Å². The van der Waals surface area contributed by atoms with E-state index in [9.17, 15) is 18.0 Å². The minimum absolute atomic E-state index is 0.487. The van der Waals surface area contributed by atoms with E-state index >= 15 is 0 Å².